The maximum atomic E-state index is 12.2. The minimum absolute atomic E-state index is 0.00370. The molecule has 1 aromatic rings. The molecule has 0 saturated carbocycles. The van der Waals surface area contributed by atoms with Crippen molar-refractivity contribution in [3.05, 3.63) is 28.6 Å². The van der Waals surface area contributed by atoms with Crippen LogP contribution in [0.3, 0.4) is 0 Å². The summed E-state index contributed by atoms with van der Waals surface area (Å²) in [4.78, 5) is 12.2. The Morgan fingerprint density at radius 1 is 1.60 bits per heavy atom. The van der Waals surface area contributed by atoms with Crippen LogP contribution in [-0.2, 0) is 16.1 Å². The van der Waals surface area contributed by atoms with Crippen molar-refractivity contribution in [2.45, 2.75) is 46.3 Å². The molecule has 1 aliphatic heterocycles. The van der Waals surface area contributed by atoms with Gasteiger partial charge >= 0.3 is 0 Å². The SMILES string of the molecule is Cc1cc(/C=C(\C#N)C(=O)NCC(C)CO)c(C)n1CC1CCCO1. The lowest BCUT2D eigenvalue weighted by molar-refractivity contribution is -0.117. The average Bonchev–Trinajstić information content (AvgIpc) is 3.21. The Balaban J connectivity index is 2.14. The van der Waals surface area contributed by atoms with Gasteiger partial charge in [0.2, 0.25) is 0 Å². The Morgan fingerprint density at radius 2 is 2.36 bits per heavy atom. The molecule has 1 aliphatic rings. The van der Waals surface area contributed by atoms with Crippen LogP contribution in [-0.4, -0.2) is 41.4 Å². The van der Waals surface area contributed by atoms with Gasteiger partial charge < -0.3 is 19.7 Å². The first-order valence-electron chi connectivity index (χ1n) is 8.75. The Labute approximate surface area is 149 Å². The number of nitrogens with zero attached hydrogens (tertiary/aromatic N) is 2. The van der Waals surface area contributed by atoms with Gasteiger partial charge in [-0.2, -0.15) is 5.26 Å². The van der Waals surface area contributed by atoms with E-state index in [9.17, 15) is 10.1 Å². The highest BCUT2D eigenvalue weighted by Crippen LogP contribution is 2.22. The molecule has 2 rings (SSSR count). The predicted octanol–water partition coefficient (Wildman–Crippen LogP) is 1.94. The number of nitriles is 1. The number of aryl methyl sites for hydroxylation is 1. The highest BCUT2D eigenvalue weighted by Gasteiger charge is 2.19. The van der Waals surface area contributed by atoms with Crippen LogP contribution in [0.15, 0.2) is 11.6 Å². The maximum absolute atomic E-state index is 12.2. The minimum atomic E-state index is -0.410. The monoisotopic (exact) mass is 345 g/mol. The summed E-state index contributed by atoms with van der Waals surface area (Å²) >= 11 is 0. The Morgan fingerprint density at radius 3 is 2.96 bits per heavy atom. The first-order valence-corrected chi connectivity index (χ1v) is 8.75. The van der Waals surface area contributed by atoms with E-state index in [4.69, 9.17) is 9.84 Å². The van der Waals surface area contributed by atoms with Crippen molar-refractivity contribution in [2.75, 3.05) is 19.8 Å². The number of aromatic nitrogens is 1. The number of aliphatic hydroxyl groups is 1. The molecule has 6 nitrogen and oxygen atoms in total. The summed E-state index contributed by atoms with van der Waals surface area (Å²) in [5, 5.41) is 21.0. The highest BCUT2D eigenvalue weighted by atomic mass is 16.5. The lowest BCUT2D eigenvalue weighted by atomic mass is 10.1. The van der Waals surface area contributed by atoms with Gasteiger partial charge in [-0.25, -0.2) is 0 Å². The first kappa shape index (κ1) is 19.2. The molecule has 2 heterocycles. The van der Waals surface area contributed by atoms with Crippen LogP contribution in [0, 0.1) is 31.1 Å². The molecule has 1 fully saturated rings. The first-order chi connectivity index (χ1) is 12.0. The van der Waals surface area contributed by atoms with Gasteiger partial charge in [0, 0.05) is 37.7 Å². The van der Waals surface area contributed by atoms with E-state index >= 15 is 0 Å². The molecule has 25 heavy (non-hydrogen) atoms. The summed E-state index contributed by atoms with van der Waals surface area (Å²) < 4.78 is 7.89. The number of aliphatic hydroxyl groups excluding tert-OH is 1. The van der Waals surface area contributed by atoms with Crippen LogP contribution in [0.4, 0.5) is 0 Å². The number of ether oxygens (including phenoxy) is 1. The van der Waals surface area contributed by atoms with E-state index < -0.39 is 5.91 Å². The maximum Gasteiger partial charge on any atom is 0.261 e. The summed E-state index contributed by atoms with van der Waals surface area (Å²) in [6.45, 7) is 7.80. The number of rotatable bonds is 7. The van der Waals surface area contributed by atoms with Gasteiger partial charge in [0.25, 0.3) is 5.91 Å². The van der Waals surface area contributed by atoms with Crippen molar-refractivity contribution in [3.63, 3.8) is 0 Å². The molecule has 1 aromatic heterocycles. The fraction of sp³-hybridized carbons (Fsp3) is 0.579. The normalized spacial score (nSPS) is 18.8. The largest absolute Gasteiger partial charge is 0.396 e. The number of carbonyl (C=O) groups is 1. The van der Waals surface area contributed by atoms with Crippen LogP contribution in [0.25, 0.3) is 6.08 Å². The molecule has 2 unspecified atom stereocenters. The van der Waals surface area contributed by atoms with Gasteiger partial charge in [-0.05, 0) is 50.3 Å². The van der Waals surface area contributed by atoms with Gasteiger partial charge in [0.1, 0.15) is 11.6 Å². The quantitative estimate of drug-likeness (QED) is 0.584. The summed E-state index contributed by atoms with van der Waals surface area (Å²) in [6.07, 6.45) is 4.03. The molecule has 1 amide bonds. The van der Waals surface area contributed by atoms with Crippen LogP contribution < -0.4 is 5.32 Å². The fourth-order valence-electron chi connectivity index (χ4n) is 2.98. The van der Waals surface area contributed by atoms with E-state index in [0.29, 0.717) is 6.54 Å². The summed E-state index contributed by atoms with van der Waals surface area (Å²) in [5.74, 6) is -0.452. The Hall–Kier alpha value is -2.10. The van der Waals surface area contributed by atoms with Crippen molar-refractivity contribution >= 4 is 12.0 Å². The Kier molecular flexibility index (Phi) is 6.80. The topological polar surface area (TPSA) is 87.3 Å². The fourth-order valence-corrected chi connectivity index (χ4v) is 2.98. The van der Waals surface area contributed by atoms with E-state index in [0.717, 1.165) is 42.9 Å². The zero-order valence-corrected chi connectivity index (χ0v) is 15.2. The molecule has 0 radical (unpaired) electrons. The summed E-state index contributed by atoms with van der Waals surface area (Å²) in [5.41, 5.74) is 3.06. The van der Waals surface area contributed by atoms with Crippen molar-refractivity contribution in [1.29, 1.82) is 5.26 Å². The minimum Gasteiger partial charge on any atom is -0.396 e. The molecule has 136 valence electrons. The standard InChI is InChI=1S/C19H27N3O3/c1-13(12-23)10-21-19(24)17(9-20)8-16-7-14(2)22(15(16)3)11-18-5-4-6-25-18/h7-8,13,18,23H,4-6,10-12H2,1-3H3,(H,21,24)/b17-8+. The van der Waals surface area contributed by atoms with Crippen molar-refractivity contribution in [1.82, 2.24) is 9.88 Å². The van der Waals surface area contributed by atoms with Gasteiger partial charge in [0.05, 0.1) is 6.10 Å². The van der Waals surface area contributed by atoms with Gasteiger partial charge in [-0.3, -0.25) is 4.79 Å². The van der Waals surface area contributed by atoms with E-state index in [1.807, 2.05) is 32.9 Å². The highest BCUT2D eigenvalue weighted by molar-refractivity contribution is 6.01. The zero-order chi connectivity index (χ0) is 18.4. The number of hydrogen-bond acceptors (Lipinski definition) is 4. The third kappa shape index (κ3) is 4.94. The number of carbonyl (C=O) groups excluding carboxylic acids is 1. The van der Waals surface area contributed by atoms with Gasteiger partial charge in [-0.1, -0.05) is 6.92 Å². The molecular weight excluding hydrogens is 318 g/mol. The van der Waals surface area contributed by atoms with Crippen molar-refractivity contribution in [3.8, 4) is 6.07 Å². The lowest BCUT2D eigenvalue weighted by Gasteiger charge is -2.14. The second kappa shape index (κ2) is 8.84. The molecule has 2 atom stereocenters. The van der Waals surface area contributed by atoms with Crippen LogP contribution in [0.1, 0.15) is 36.7 Å². The van der Waals surface area contributed by atoms with Crippen LogP contribution >= 0.6 is 0 Å². The predicted molar refractivity (Wildman–Crippen MR) is 95.7 cm³/mol. The smallest absolute Gasteiger partial charge is 0.261 e. The molecular formula is C19H27N3O3. The third-order valence-electron chi connectivity index (χ3n) is 4.61. The third-order valence-corrected chi connectivity index (χ3v) is 4.61. The Bertz CT molecular complexity index is 679. The number of amides is 1. The molecule has 6 heteroatoms. The molecule has 0 aliphatic carbocycles. The second-order valence-electron chi connectivity index (χ2n) is 6.74. The molecule has 2 N–H and O–H groups in total. The average molecular weight is 345 g/mol. The zero-order valence-electron chi connectivity index (χ0n) is 15.2. The number of nitrogens with one attached hydrogen (secondary N) is 1. The van der Waals surface area contributed by atoms with E-state index in [1.165, 1.54) is 0 Å². The van der Waals surface area contributed by atoms with E-state index in [2.05, 4.69) is 9.88 Å². The molecule has 1 saturated heterocycles. The van der Waals surface area contributed by atoms with E-state index in [1.54, 1.807) is 6.08 Å². The summed E-state index contributed by atoms with van der Waals surface area (Å²) in [6, 6.07) is 3.97. The van der Waals surface area contributed by atoms with Gasteiger partial charge in [0.15, 0.2) is 0 Å². The van der Waals surface area contributed by atoms with E-state index in [-0.39, 0.29) is 24.2 Å². The van der Waals surface area contributed by atoms with Crippen molar-refractivity contribution in [2.24, 2.45) is 5.92 Å². The lowest BCUT2D eigenvalue weighted by Crippen LogP contribution is -2.30. The molecule has 0 bridgehead atoms. The van der Waals surface area contributed by atoms with Gasteiger partial charge in [-0.15, -0.1) is 0 Å². The van der Waals surface area contributed by atoms with Crippen LogP contribution in [0.2, 0.25) is 0 Å². The summed E-state index contributed by atoms with van der Waals surface area (Å²) in [7, 11) is 0. The van der Waals surface area contributed by atoms with Crippen LogP contribution in [0.5, 0.6) is 0 Å². The second-order valence-corrected chi connectivity index (χ2v) is 6.74. The van der Waals surface area contributed by atoms with Crippen molar-refractivity contribution < 1.29 is 14.6 Å². The molecule has 0 spiro atoms. The molecule has 0 aromatic carbocycles. The number of hydrogen-bond donors (Lipinski definition) is 2.